The van der Waals surface area contributed by atoms with E-state index >= 15 is 0 Å². The molecule has 21 heavy (non-hydrogen) atoms. The van der Waals surface area contributed by atoms with E-state index in [0.717, 1.165) is 31.2 Å². The van der Waals surface area contributed by atoms with Crippen molar-refractivity contribution in [3.63, 3.8) is 0 Å². The van der Waals surface area contributed by atoms with E-state index in [0.29, 0.717) is 18.7 Å². The normalized spacial score (nSPS) is 39.3. The number of nitrogens with zero attached hydrogens (tertiary/aromatic N) is 1. The first-order chi connectivity index (χ1) is 10.0. The lowest BCUT2D eigenvalue weighted by Gasteiger charge is -2.35. The lowest BCUT2D eigenvalue weighted by Crippen LogP contribution is -2.55. The fourth-order valence-electron chi connectivity index (χ4n) is 4.91. The SMILES string of the molecule is CCOC(=O)C1(NC(C)C)CCC(N2CC3CCC2C3)C1. The zero-order valence-corrected chi connectivity index (χ0v) is 13.7. The molecule has 0 aromatic carbocycles. The standard InChI is InChI=1S/C17H30N2O2/c1-4-21-16(20)17(18-12(2)3)8-7-15(10-17)19-11-13-5-6-14(19)9-13/h12-15,18H,4-11H2,1-3H3. The summed E-state index contributed by atoms with van der Waals surface area (Å²) in [6.07, 6.45) is 7.14. The van der Waals surface area contributed by atoms with Gasteiger partial charge in [0, 0.05) is 24.7 Å². The second-order valence-electron chi connectivity index (χ2n) is 7.53. The minimum Gasteiger partial charge on any atom is -0.465 e. The molecule has 4 unspecified atom stereocenters. The van der Waals surface area contributed by atoms with Crippen LogP contribution in [0.5, 0.6) is 0 Å². The van der Waals surface area contributed by atoms with Gasteiger partial charge in [0.05, 0.1) is 6.61 Å². The highest BCUT2D eigenvalue weighted by molar-refractivity contribution is 5.81. The van der Waals surface area contributed by atoms with Crippen molar-refractivity contribution >= 4 is 5.97 Å². The van der Waals surface area contributed by atoms with E-state index in [1.807, 2.05) is 6.92 Å². The molecule has 2 aliphatic carbocycles. The molecule has 1 aliphatic heterocycles. The first-order valence-electron chi connectivity index (χ1n) is 8.74. The summed E-state index contributed by atoms with van der Waals surface area (Å²) >= 11 is 0. The van der Waals surface area contributed by atoms with E-state index in [1.54, 1.807) is 0 Å². The largest absolute Gasteiger partial charge is 0.465 e. The molecule has 0 amide bonds. The Labute approximate surface area is 128 Å². The van der Waals surface area contributed by atoms with Crippen LogP contribution >= 0.6 is 0 Å². The molecule has 2 bridgehead atoms. The third-order valence-electron chi connectivity index (χ3n) is 5.64. The summed E-state index contributed by atoms with van der Waals surface area (Å²) in [5.41, 5.74) is -0.448. The predicted octanol–water partition coefficient (Wildman–Crippen LogP) is 2.32. The van der Waals surface area contributed by atoms with Crippen LogP contribution in [0.2, 0.25) is 0 Å². The number of esters is 1. The third-order valence-corrected chi connectivity index (χ3v) is 5.64. The van der Waals surface area contributed by atoms with Gasteiger partial charge in [-0.2, -0.15) is 0 Å². The predicted molar refractivity (Wildman–Crippen MR) is 83.1 cm³/mol. The van der Waals surface area contributed by atoms with Gasteiger partial charge in [0.25, 0.3) is 0 Å². The Morgan fingerprint density at radius 1 is 1.33 bits per heavy atom. The van der Waals surface area contributed by atoms with Crippen molar-refractivity contribution in [1.82, 2.24) is 10.2 Å². The Hall–Kier alpha value is -0.610. The summed E-state index contributed by atoms with van der Waals surface area (Å²) in [6, 6.07) is 1.66. The molecule has 1 heterocycles. The maximum Gasteiger partial charge on any atom is 0.326 e. The Kier molecular flexibility index (Phi) is 4.28. The van der Waals surface area contributed by atoms with Crippen molar-refractivity contribution in [3.05, 3.63) is 0 Å². The van der Waals surface area contributed by atoms with E-state index in [4.69, 9.17) is 4.74 Å². The number of rotatable bonds is 5. The summed E-state index contributed by atoms with van der Waals surface area (Å²) in [4.78, 5) is 15.2. The molecule has 120 valence electrons. The number of hydrogen-bond acceptors (Lipinski definition) is 4. The van der Waals surface area contributed by atoms with Crippen molar-refractivity contribution in [3.8, 4) is 0 Å². The van der Waals surface area contributed by atoms with Crippen LogP contribution in [-0.4, -0.2) is 47.7 Å². The monoisotopic (exact) mass is 294 g/mol. The molecule has 2 saturated carbocycles. The van der Waals surface area contributed by atoms with Crippen molar-refractivity contribution in [2.75, 3.05) is 13.2 Å². The number of carbonyl (C=O) groups excluding carboxylic acids is 1. The second-order valence-corrected chi connectivity index (χ2v) is 7.53. The quantitative estimate of drug-likeness (QED) is 0.790. The molecule has 0 aromatic rings. The summed E-state index contributed by atoms with van der Waals surface area (Å²) in [6.45, 7) is 7.86. The number of piperidine rings is 1. The Morgan fingerprint density at radius 3 is 2.71 bits per heavy atom. The lowest BCUT2D eigenvalue weighted by atomic mass is 9.95. The van der Waals surface area contributed by atoms with E-state index in [-0.39, 0.29) is 5.97 Å². The highest BCUT2D eigenvalue weighted by atomic mass is 16.5. The molecular weight excluding hydrogens is 264 g/mol. The van der Waals surface area contributed by atoms with E-state index in [2.05, 4.69) is 24.1 Å². The molecule has 0 aromatic heterocycles. The van der Waals surface area contributed by atoms with Gasteiger partial charge in [-0.3, -0.25) is 15.0 Å². The molecule has 4 nitrogen and oxygen atoms in total. The van der Waals surface area contributed by atoms with Crippen molar-refractivity contribution in [1.29, 1.82) is 0 Å². The van der Waals surface area contributed by atoms with Crippen LogP contribution in [-0.2, 0) is 9.53 Å². The van der Waals surface area contributed by atoms with Gasteiger partial charge in [-0.05, 0) is 65.2 Å². The summed E-state index contributed by atoms with van der Waals surface area (Å²) in [5.74, 6) is 0.885. The Balaban J connectivity index is 1.70. The number of ether oxygens (including phenoxy) is 1. The molecule has 0 radical (unpaired) electrons. The van der Waals surface area contributed by atoms with Gasteiger partial charge in [-0.15, -0.1) is 0 Å². The molecule has 1 saturated heterocycles. The van der Waals surface area contributed by atoms with Gasteiger partial charge in [0.2, 0.25) is 0 Å². The molecule has 0 spiro atoms. The molecule has 3 rings (SSSR count). The van der Waals surface area contributed by atoms with Gasteiger partial charge < -0.3 is 4.74 Å². The smallest absolute Gasteiger partial charge is 0.326 e. The van der Waals surface area contributed by atoms with E-state index < -0.39 is 5.54 Å². The molecule has 4 heteroatoms. The number of nitrogens with one attached hydrogen (secondary N) is 1. The average molecular weight is 294 g/mol. The van der Waals surface area contributed by atoms with Crippen LogP contribution in [0.25, 0.3) is 0 Å². The second kappa shape index (κ2) is 5.88. The minimum absolute atomic E-state index is 0.0365. The van der Waals surface area contributed by atoms with Crippen LogP contribution in [0.15, 0.2) is 0 Å². The van der Waals surface area contributed by atoms with Crippen molar-refractivity contribution in [2.24, 2.45) is 5.92 Å². The Morgan fingerprint density at radius 2 is 2.14 bits per heavy atom. The van der Waals surface area contributed by atoms with Crippen LogP contribution in [0.1, 0.15) is 59.3 Å². The maximum absolute atomic E-state index is 12.5. The topological polar surface area (TPSA) is 41.6 Å². The van der Waals surface area contributed by atoms with Gasteiger partial charge in [-0.25, -0.2) is 0 Å². The summed E-state index contributed by atoms with van der Waals surface area (Å²) in [7, 11) is 0. The molecule has 3 aliphatic rings. The number of hydrogen-bond donors (Lipinski definition) is 1. The zero-order chi connectivity index (χ0) is 15.0. The minimum atomic E-state index is -0.448. The van der Waals surface area contributed by atoms with Crippen molar-refractivity contribution < 1.29 is 9.53 Å². The van der Waals surface area contributed by atoms with Crippen LogP contribution in [0, 0.1) is 5.92 Å². The highest BCUT2D eigenvalue weighted by Gasteiger charge is 2.51. The van der Waals surface area contributed by atoms with Gasteiger partial charge >= 0.3 is 5.97 Å². The van der Waals surface area contributed by atoms with Gasteiger partial charge in [-0.1, -0.05) is 0 Å². The summed E-state index contributed by atoms with van der Waals surface area (Å²) in [5, 5.41) is 3.54. The molecular formula is C17H30N2O2. The van der Waals surface area contributed by atoms with Gasteiger partial charge in [0.1, 0.15) is 5.54 Å². The lowest BCUT2D eigenvalue weighted by molar-refractivity contribution is -0.151. The number of carbonyl (C=O) groups is 1. The number of fused-ring (bicyclic) bond motifs is 2. The molecule has 3 fully saturated rings. The first kappa shape index (κ1) is 15.3. The van der Waals surface area contributed by atoms with E-state index in [1.165, 1.54) is 25.8 Å². The van der Waals surface area contributed by atoms with E-state index in [9.17, 15) is 4.79 Å². The highest BCUT2D eigenvalue weighted by Crippen LogP contribution is 2.44. The maximum atomic E-state index is 12.5. The van der Waals surface area contributed by atoms with Crippen LogP contribution in [0.3, 0.4) is 0 Å². The fourth-order valence-corrected chi connectivity index (χ4v) is 4.91. The number of likely N-dealkylation sites (tertiary alicyclic amines) is 1. The van der Waals surface area contributed by atoms with Crippen LogP contribution in [0.4, 0.5) is 0 Å². The zero-order valence-electron chi connectivity index (χ0n) is 13.7. The first-order valence-corrected chi connectivity index (χ1v) is 8.74. The Bertz CT molecular complexity index is 398. The van der Waals surface area contributed by atoms with Crippen LogP contribution < -0.4 is 5.32 Å². The fraction of sp³-hybridized carbons (Fsp3) is 0.941. The molecule has 1 N–H and O–H groups in total. The summed E-state index contributed by atoms with van der Waals surface area (Å²) < 4.78 is 5.38. The third kappa shape index (κ3) is 2.85. The average Bonchev–Trinajstić information content (AvgIpc) is 3.12. The van der Waals surface area contributed by atoms with Gasteiger partial charge in [0.15, 0.2) is 0 Å². The van der Waals surface area contributed by atoms with Crippen molar-refractivity contribution in [2.45, 2.75) is 83.0 Å². The molecule has 4 atom stereocenters.